The van der Waals surface area contributed by atoms with Crippen LogP contribution >= 0.6 is 0 Å². The zero-order chi connectivity index (χ0) is 17.7. The van der Waals surface area contributed by atoms with Crippen LogP contribution < -0.4 is 4.31 Å². The Morgan fingerprint density at radius 3 is 2.46 bits per heavy atom. The molecule has 1 aromatic rings. The molecule has 1 aliphatic heterocycles. The minimum Gasteiger partial charge on any atom is -0.376 e. The highest BCUT2D eigenvalue weighted by molar-refractivity contribution is 7.92. The fourth-order valence-corrected chi connectivity index (χ4v) is 3.25. The number of carbonyl (C=O) groups excluding carboxylic acids is 1. The van der Waals surface area contributed by atoms with Gasteiger partial charge in [-0.15, -0.1) is 0 Å². The van der Waals surface area contributed by atoms with Crippen molar-refractivity contribution in [3.05, 3.63) is 29.8 Å². The number of benzene rings is 1. The Bertz CT molecular complexity index is 654. The van der Waals surface area contributed by atoms with Gasteiger partial charge in [-0.05, 0) is 19.1 Å². The van der Waals surface area contributed by atoms with Gasteiger partial charge in [-0.1, -0.05) is 17.7 Å². The molecule has 0 aromatic heterocycles. The second-order valence-electron chi connectivity index (χ2n) is 5.95. The highest BCUT2D eigenvalue weighted by atomic mass is 32.2. The Morgan fingerprint density at radius 2 is 1.92 bits per heavy atom. The highest BCUT2D eigenvalue weighted by Crippen LogP contribution is 2.18. The minimum atomic E-state index is -3.56. The Balaban J connectivity index is 2.05. The van der Waals surface area contributed by atoms with Gasteiger partial charge in [0, 0.05) is 13.6 Å². The molecule has 1 saturated heterocycles. The Labute approximate surface area is 143 Å². The largest absolute Gasteiger partial charge is 0.376 e. The van der Waals surface area contributed by atoms with E-state index in [1.165, 1.54) is 4.90 Å². The summed E-state index contributed by atoms with van der Waals surface area (Å²) >= 11 is 0. The SMILES string of the molecule is Cc1ccc(N(CC(=O)N(C)C[C@@H]2COCCO2)S(C)(=O)=O)cc1. The molecule has 0 aliphatic carbocycles. The Hall–Kier alpha value is -1.64. The molecule has 2 rings (SSSR count). The number of hydrogen-bond donors (Lipinski definition) is 0. The van der Waals surface area contributed by atoms with Gasteiger partial charge in [-0.25, -0.2) is 8.42 Å². The van der Waals surface area contributed by atoms with Crippen molar-refractivity contribution >= 4 is 21.6 Å². The van der Waals surface area contributed by atoms with E-state index in [1.807, 2.05) is 19.1 Å². The van der Waals surface area contributed by atoms with Gasteiger partial charge in [0.25, 0.3) is 0 Å². The first-order valence-electron chi connectivity index (χ1n) is 7.75. The number of sulfonamides is 1. The van der Waals surface area contributed by atoms with Crippen LogP contribution in [0, 0.1) is 6.92 Å². The molecule has 0 N–H and O–H groups in total. The second-order valence-corrected chi connectivity index (χ2v) is 7.85. The predicted molar refractivity (Wildman–Crippen MR) is 91.6 cm³/mol. The van der Waals surface area contributed by atoms with Crippen molar-refractivity contribution in [1.29, 1.82) is 0 Å². The molecule has 134 valence electrons. The smallest absolute Gasteiger partial charge is 0.243 e. The van der Waals surface area contributed by atoms with E-state index in [-0.39, 0.29) is 18.6 Å². The first-order valence-corrected chi connectivity index (χ1v) is 9.60. The maximum atomic E-state index is 12.4. The average Bonchev–Trinajstić information content (AvgIpc) is 2.53. The molecule has 0 spiro atoms. The van der Waals surface area contributed by atoms with E-state index in [2.05, 4.69) is 0 Å². The summed E-state index contributed by atoms with van der Waals surface area (Å²) in [6, 6.07) is 7.02. The number of ether oxygens (including phenoxy) is 2. The molecule has 1 fully saturated rings. The van der Waals surface area contributed by atoms with Crippen LogP contribution in [0.3, 0.4) is 0 Å². The summed E-state index contributed by atoms with van der Waals surface area (Å²) in [5.41, 5.74) is 1.49. The van der Waals surface area contributed by atoms with E-state index in [0.29, 0.717) is 32.1 Å². The molecule has 1 aliphatic rings. The van der Waals surface area contributed by atoms with Gasteiger partial charge in [-0.3, -0.25) is 9.10 Å². The van der Waals surface area contributed by atoms with E-state index in [9.17, 15) is 13.2 Å². The first kappa shape index (κ1) is 18.7. The van der Waals surface area contributed by atoms with Gasteiger partial charge in [0.2, 0.25) is 15.9 Å². The molecule has 8 heteroatoms. The highest BCUT2D eigenvalue weighted by Gasteiger charge is 2.25. The van der Waals surface area contributed by atoms with Crippen LogP contribution in [0.4, 0.5) is 5.69 Å². The normalized spacial score (nSPS) is 18.2. The summed E-state index contributed by atoms with van der Waals surface area (Å²) in [5.74, 6) is -0.296. The van der Waals surface area contributed by atoms with Gasteiger partial charge in [0.1, 0.15) is 6.54 Å². The number of aryl methyl sites for hydroxylation is 1. The van der Waals surface area contributed by atoms with Crippen molar-refractivity contribution in [3.63, 3.8) is 0 Å². The van der Waals surface area contributed by atoms with Gasteiger partial charge in [0.15, 0.2) is 0 Å². The topological polar surface area (TPSA) is 76.2 Å². The molecule has 1 amide bonds. The predicted octanol–water partition coefficient (Wildman–Crippen LogP) is 0.635. The lowest BCUT2D eigenvalue weighted by atomic mass is 10.2. The number of anilines is 1. The van der Waals surface area contributed by atoms with Crippen LogP contribution in [0.15, 0.2) is 24.3 Å². The number of likely N-dealkylation sites (N-methyl/N-ethyl adjacent to an activating group) is 1. The van der Waals surface area contributed by atoms with Crippen molar-refractivity contribution < 1.29 is 22.7 Å². The van der Waals surface area contributed by atoms with E-state index in [4.69, 9.17) is 9.47 Å². The van der Waals surface area contributed by atoms with Crippen molar-refractivity contribution in [1.82, 2.24) is 4.90 Å². The van der Waals surface area contributed by atoms with E-state index in [1.54, 1.807) is 19.2 Å². The molecular formula is C16H24N2O5S. The number of rotatable bonds is 6. The molecule has 0 bridgehead atoms. The maximum Gasteiger partial charge on any atom is 0.243 e. The van der Waals surface area contributed by atoms with Crippen LogP contribution in [-0.2, 0) is 24.3 Å². The van der Waals surface area contributed by atoms with Crippen LogP contribution in [0.2, 0.25) is 0 Å². The molecule has 1 heterocycles. The standard InChI is InChI=1S/C16H24N2O5S/c1-13-4-6-14(7-5-13)18(24(3,20)21)11-16(19)17(2)10-15-12-22-8-9-23-15/h4-7,15H,8-12H2,1-3H3/t15-/m1/s1. The van der Waals surface area contributed by atoms with Crippen molar-refractivity contribution in [2.75, 3.05) is 50.5 Å². The number of hydrogen-bond acceptors (Lipinski definition) is 5. The lowest BCUT2D eigenvalue weighted by Crippen LogP contribution is -2.45. The summed E-state index contributed by atoms with van der Waals surface area (Å²) in [7, 11) is -1.93. The Morgan fingerprint density at radius 1 is 1.25 bits per heavy atom. The number of carbonyl (C=O) groups is 1. The van der Waals surface area contributed by atoms with Crippen molar-refractivity contribution in [3.8, 4) is 0 Å². The summed E-state index contributed by atoms with van der Waals surface area (Å²) in [6.45, 7) is 3.54. The lowest BCUT2D eigenvalue weighted by Gasteiger charge is -2.29. The van der Waals surface area contributed by atoms with E-state index >= 15 is 0 Å². The molecular weight excluding hydrogens is 332 g/mol. The summed E-state index contributed by atoms with van der Waals surface area (Å²) < 4.78 is 36.1. The minimum absolute atomic E-state index is 0.182. The monoisotopic (exact) mass is 356 g/mol. The maximum absolute atomic E-state index is 12.4. The molecule has 7 nitrogen and oxygen atoms in total. The summed E-state index contributed by atoms with van der Waals surface area (Å²) in [5, 5.41) is 0. The molecule has 1 atom stereocenters. The van der Waals surface area contributed by atoms with Gasteiger partial charge >= 0.3 is 0 Å². The van der Waals surface area contributed by atoms with Gasteiger partial charge < -0.3 is 14.4 Å². The van der Waals surface area contributed by atoms with Gasteiger partial charge in [-0.2, -0.15) is 0 Å². The van der Waals surface area contributed by atoms with Crippen LogP contribution in [0.5, 0.6) is 0 Å². The van der Waals surface area contributed by atoms with Gasteiger partial charge in [0.05, 0.1) is 37.9 Å². The lowest BCUT2D eigenvalue weighted by molar-refractivity contribution is -0.134. The second kappa shape index (κ2) is 7.96. The molecule has 1 aromatic carbocycles. The Kier molecular flexibility index (Phi) is 6.20. The van der Waals surface area contributed by atoms with E-state index in [0.717, 1.165) is 16.1 Å². The first-order chi connectivity index (χ1) is 11.3. The summed E-state index contributed by atoms with van der Waals surface area (Å²) in [4.78, 5) is 13.9. The molecule has 0 unspecified atom stereocenters. The van der Waals surface area contributed by atoms with Crippen molar-refractivity contribution in [2.24, 2.45) is 0 Å². The molecule has 24 heavy (non-hydrogen) atoms. The van der Waals surface area contributed by atoms with Crippen LogP contribution in [0.25, 0.3) is 0 Å². The third kappa shape index (κ3) is 5.19. The van der Waals surface area contributed by atoms with Crippen molar-refractivity contribution in [2.45, 2.75) is 13.0 Å². The third-order valence-electron chi connectivity index (χ3n) is 3.79. The molecule has 0 radical (unpaired) electrons. The van der Waals surface area contributed by atoms with Crippen LogP contribution in [0.1, 0.15) is 5.56 Å². The number of amides is 1. The third-order valence-corrected chi connectivity index (χ3v) is 4.93. The zero-order valence-corrected chi connectivity index (χ0v) is 15.1. The fourth-order valence-electron chi connectivity index (χ4n) is 2.40. The average molecular weight is 356 g/mol. The molecule has 0 saturated carbocycles. The van der Waals surface area contributed by atoms with Crippen LogP contribution in [-0.4, -0.2) is 71.5 Å². The number of nitrogens with zero attached hydrogens (tertiary/aromatic N) is 2. The summed E-state index contributed by atoms with van der Waals surface area (Å²) in [6.07, 6.45) is 0.914. The van der Waals surface area contributed by atoms with E-state index < -0.39 is 10.0 Å². The quantitative estimate of drug-likeness (QED) is 0.747. The fraction of sp³-hybridized carbons (Fsp3) is 0.562. The zero-order valence-electron chi connectivity index (χ0n) is 14.3.